The SMILES string of the molecule is CC(NC(=O)CSc1nnc(-c2ccc(Cl)cc2)n1CC1CCCO1)c1cc2ccccc2o1. The summed E-state index contributed by atoms with van der Waals surface area (Å²) in [5.41, 5.74) is 1.73. The molecule has 0 bridgehead atoms. The number of hydrogen-bond donors (Lipinski definition) is 1. The first-order valence-corrected chi connectivity index (χ1v) is 12.6. The summed E-state index contributed by atoms with van der Waals surface area (Å²) in [6.07, 6.45) is 2.16. The Kier molecular flexibility index (Phi) is 6.89. The normalized spacial score (nSPS) is 16.7. The highest BCUT2D eigenvalue weighted by Crippen LogP contribution is 2.28. The van der Waals surface area contributed by atoms with Crippen LogP contribution in [0.15, 0.2) is 64.2 Å². The van der Waals surface area contributed by atoms with Crippen molar-refractivity contribution in [3.63, 3.8) is 0 Å². The van der Waals surface area contributed by atoms with E-state index in [0.29, 0.717) is 16.7 Å². The summed E-state index contributed by atoms with van der Waals surface area (Å²) in [5.74, 6) is 1.59. The van der Waals surface area contributed by atoms with Crippen molar-refractivity contribution in [2.24, 2.45) is 0 Å². The Morgan fingerprint density at radius 2 is 2.06 bits per heavy atom. The molecule has 1 aliphatic heterocycles. The van der Waals surface area contributed by atoms with E-state index >= 15 is 0 Å². The van der Waals surface area contributed by atoms with Crippen molar-refractivity contribution in [1.29, 1.82) is 0 Å². The van der Waals surface area contributed by atoms with Crippen molar-refractivity contribution < 1.29 is 13.9 Å². The maximum atomic E-state index is 12.7. The van der Waals surface area contributed by atoms with Crippen molar-refractivity contribution in [2.45, 2.75) is 43.6 Å². The Morgan fingerprint density at radius 3 is 2.82 bits per heavy atom. The predicted octanol–water partition coefficient (Wildman–Crippen LogP) is 5.49. The molecule has 3 heterocycles. The number of ether oxygens (including phenoxy) is 1. The minimum absolute atomic E-state index is 0.0994. The summed E-state index contributed by atoms with van der Waals surface area (Å²) in [5, 5.41) is 14.2. The van der Waals surface area contributed by atoms with Gasteiger partial charge in [-0.2, -0.15) is 0 Å². The highest BCUT2D eigenvalue weighted by atomic mass is 35.5. The second-order valence-electron chi connectivity index (χ2n) is 8.32. The van der Waals surface area contributed by atoms with Crippen LogP contribution >= 0.6 is 23.4 Å². The number of furan rings is 1. The van der Waals surface area contributed by atoms with E-state index in [4.69, 9.17) is 20.8 Å². The molecule has 1 fully saturated rings. The molecule has 0 spiro atoms. The predicted molar refractivity (Wildman–Crippen MR) is 133 cm³/mol. The summed E-state index contributed by atoms with van der Waals surface area (Å²) in [4.78, 5) is 12.7. The maximum absolute atomic E-state index is 12.7. The Bertz CT molecular complexity index is 1250. The summed E-state index contributed by atoms with van der Waals surface area (Å²) >= 11 is 7.42. The highest BCUT2D eigenvalue weighted by Gasteiger charge is 2.23. The number of halogens is 1. The average molecular weight is 497 g/mol. The zero-order valence-corrected chi connectivity index (χ0v) is 20.3. The van der Waals surface area contributed by atoms with Gasteiger partial charge in [-0.1, -0.05) is 41.6 Å². The van der Waals surface area contributed by atoms with Crippen molar-refractivity contribution in [1.82, 2.24) is 20.1 Å². The molecular formula is C25H25ClN4O3S. The molecule has 2 atom stereocenters. The van der Waals surface area contributed by atoms with Crippen LogP contribution in [0.25, 0.3) is 22.4 Å². The summed E-state index contributed by atoms with van der Waals surface area (Å²) < 4.78 is 13.8. The summed E-state index contributed by atoms with van der Waals surface area (Å²) in [6, 6.07) is 17.0. The number of amides is 1. The quantitative estimate of drug-likeness (QED) is 0.325. The molecule has 9 heteroatoms. The topological polar surface area (TPSA) is 82.2 Å². The Labute approximate surface area is 206 Å². The van der Waals surface area contributed by atoms with Crippen LogP contribution in [-0.2, 0) is 16.1 Å². The van der Waals surface area contributed by atoms with Gasteiger partial charge >= 0.3 is 0 Å². The molecule has 0 aliphatic carbocycles. The van der Waals surface area contributed by atoms with Gasteiger partial charge in [-0.25, -0.2) is 0 Å². The van der Waals surface area contributed by atoms with Crippen molar-refractivity contribution in [3.05, 3.63) is 65.4 Å². The van der Waals surface area contributed by atoms with Gasteiger partial charge in [0, 0.05) is 22.6 Å². The molecule has 2 aromatic carbocycles. The zero-order chi connectivity index (χ0) is 23.5. The van der Waals surface area contributed by atoms with E-state index in [0.717, 1.165) is 47.6 Å². The van der Waals surface area contributed by atoms with Crippen LogP contribution in [0, 0.1) is 0 Å². The minimum Gasteiger partial charge on any atom is -0.459 e. The molecule has 7 nitrogen and oxygen atoms in total. The highest BCUT2D eigenvalue weighted by molar-refractivity contribution is 7.99. The van der Waals surface area contributed by atoms with Crippen molar-refractivity contribution in [2.75, 3.05) is 12.4 Å². The fourth-order valence-electron chi connectivity index (χ4n) is 4.06. The molecule has 1 N–H and O–H groups in total. The Balaban J connectivity index is 1.28. The number of nitrogens with one attached hydrogen (secondary N) is 1. The van der Waals surface area contributed by atoms with Crippen LogP contribution in [0.2, 0.25) is 5.02 Å². The molecule has 2 aromatic heterocycles. The standard InChI is InChI=1S/C25H25ClN4O3S/c1-16(22-13-18-5-2-3-7-21(18)33-22)27-23(31)15-34-25-29-28-24(17-8-10-19(26)11-9-17)30(25)14-20-6-4-12-32-20/h2-3,5,7-11,13,16,20H,4,6,12,14-15H2,1H3,(H,27,31). The summed E-state index contributed by atoms with van der Waals surface area (Å²) in [6.45, 7) is 3.33. The number of thioether (sulfide) groups is 1. The number of nitrogens with zero attached hydrogens (tertiary/aromatic N) is 3. The number of hydrogen-bond acceptors (Lipinski definition) is 6. The molecule has 1 aliphatic rings. The number of para-hydroxylation sites is 1. The van der Waals surface area contributed by atoms with Crippen molar-refractivity contribution >= 4 is 40.2 Å². The second kappa shape index (κ2) is 10.2. The van der Waals surface area contributed by atoms with Crippen LogP contribution in [0.1, 0.15) is 31.6 Å². The molecule has 0 saturated carbocycles. The van der Waals surface area contributed by atoms with Gasteiger partial charge < -0.3 is 14.5 Å². The molecule has 4 aromatic rings. The number of fused-ring (bicyclic) bond motifs is 1. The van der Waals surface area contributed by atoms with Gasteiger partial charge in [0.25, 0.3) is 0 Å². The Morgan fingerprint density at radius 1 is 1.24 bits per heavy atom. The molecular weight excluding hydrogens is 472 g/mol. The maximum Gasteiger partial charge on any atom is 0.231 e. The van der Waals surface area contributed by atoms with E-state index in [2.05, 4.69) is 15.5 Å². The molecule has 1 amide bonds. The van der Waals surface area contributed by atoms with Crippen LogP contribution in [0.3, 0.4) is 0 Å². The van der Waals surface area contributed by atoms with E-state index in [1.807, 2.05) is 66.1 Å². The Hall–Kier alpha value is -2.81. The van der Waals surface area contributed by atoms with Gasteiger partial charge in [-0.05, 0) is 56.2 Å². The van der Waals surface area contributed by atoms with Gasteiger partial charge in [-0.3, -0.25) is 9.36 Å². The first-order chi connectivity index (χ1) is 16.6. The molecule has 2 unspecified atom stereocenters. The van der Waals surface area contributed by atoms with Gasteiger partial charge in [0.15, 0.2) is 11.0 Å². The first-order valence-electron chi connectivity index (χ1n) is 11.3. The number of benzene rings is 2. The zero-order valence-electron chi connectivity index (χ0n) is 18.7. The third kappa shape index (κ3) is 5.14. The largest absolute Gasteiger partial charge is 0.459 e. The third-order valence-electron chi connectivity index (χ3n) is 5.81. The van der Waals surface area contributed by atoms with Crippen LogP contribution in [0.5, 0.6) is 0 Å². The van der Waals surface area contributed by atoms with Crippen LogP contribution < -0.4 is 5.32 Å². The molecule has 0 radical (unpaired) electrons. The fourth-order valence-corrected chi connectivity index (χ4v) is 4.95. The lowest BCUT2D eigenvalue weighted by molar-refractivity contribution is -0.119. The third-order valence-corrected chi connectivity index (χ3v) is 7.03. The summed E-state index contributed by atoms with van der Waals surface area (Å²) in [7, 11) is 0. The fraction of sp³-hybridized carbons (Fsp3) is 0.320. The number of aromatic nitrogens is 3. The number of carbonyl (C=O) groups is 1. The van der Waals surface area contributed by atoms with Gasteiger partial charge in [-0.15, -0.1) is 10.2 Å². The van der Waals surface area contributed by atoms with Crippen LogP contribution in [0.4, 0.5) is 0 Å². The van der Waals surface area contributed by atoms with E-state index in [1.165, 1.54) is 11.8 Å². The van der Waals surface area contributed by atoms with E-state index in [9.17, 15) is 4.79 Å². The lowest BCUT2D eigenvalue weighted by Gasteiger charge is -2.15. The van der Waals surface area contributed by atoms with Crippen LogP contribution in [-0.4, -0.2) is 39.1 Å². The van der Waals surface area contributed by atoms with Crippen molar-refractivity contribution in [3.8, 4) is 11.4 Å². The van der Waals surface area contributed by atoms with E-state index in [-0.39, 0.29) is 23.8 Å². The molecule has 176 valence electrons. The monoisotopic (exact) mass is 496 g/mol. The smallest absolute Gasteiger partial charge is 0.231 e. The van der Waals surface area contributed by atoms with Gasteiger partial charge in [0.2, 0.25) is 5.91 Å². The lowest BCUT2D eigenvalue weighted by atomic mass is 10.2. The van der Waals surface area contributed by atoms with E-state index < -0.39 is 0 Å². The molecule has 1 saturated heterocycles. The van der Waals surface area contributed by atoms with E-state index in [1.54, 1.807) is 0 Å². The first kappa shape index (κ1) is 23.0. The minimum atomic E-state index is -0.241. The van der Waals surface area contributed by atoms with Gasteiger partial charge in [0.1, 0.15) is 11.3 Å². The number of rotatable bonds is 8. The molecule has 34 heavy (non-hydrogen) atoms. The average Bonchev–Trinajstić information content (AvgIpc) is 3.59. The van der Waals surface area contributed by atoms with Gasteiger partial charge in [0.05, 0.1) is 24.4 Å². The number of carbonyl (C=O) groups excluding carboxylic acids is 1. The lowest BCUT2D eigenvalue weighted by Crippen LogP contribution is -2.28. The second-order valence-corrected chi connectivity index (χ2v) is 9.70. The molecule has 5 rings (SSSR count).